The Morgan fingerprint density at radius 2 is 1.11 bits per heavy atom. The van der Waals surface area contributed by atoms with E-state index >= 15 is 0 Å². The van der Waals surface area contributed by atoms with Gasteiger partial charge < -0.3 is 0 Å². The van der Waals surface area contributed by atoms with Crippen molar-refractivity contribution in [1.82, 2.24) is 4.98 Å². The van der Waals surface area contributed by atoms with Crippen molar-refractivity contribution in [2.45, 2.75) is 44.1 Å². The first-order valence-electron chi connectivity index (χ1n) is 9.68. The highest BCUT2D eigenvalue weighted by Crippen LogP contribution is 2.15. The Balaban J connectivity index is 1.54. The largest absolute Gasteiger partial charge is 0.265 e. The predicted octanol–water partition coefficient (Wildman–Crippen LogP) is 4.78. The van der Waals surface area contributed by atoms with Crippen LogP contribution in [0, 0.1) is 0 Å². The van der Waals surface area contributed by atoms with Crippen molar-refractivity contribution in [2.24, 2.45) is 0 Å². The number of aryl methyl sites for hydroxylation is 2. The second kappa shape index (κ2) is 9.16. The summed E-state index contributed by atoms with van der Waals surface area (Å²) < 4.78 is 24.1. The Labute approximate surface area is 168 Å². The average Bonchev–Trinajstić information content (AvgIpc) is 2.69. The third-order valence-corrected chi connectivity index (χ3v) is 7.16. The van der Waals surface area contributed by atoms with Crippen LogP contribution >= 0.6 is 0 Å². The van der Waals surface area contributed by atoms with E-state index in [4.69, 9.17) is 0 Å². The molecule has 3 rings (SSSR count). The summed E-state index contributed by atoms with van der Waals surface area (Å²) in [6.07, 6.45) is 6.49. The highest BCUT2D eigenvalue weighted by molar-refractivity contribution is 7.91. The maximum atomic E-state index is 12.0. The van der Waals surface area contributed by atoms with Crippen molar-refractivity contribution in [3.8, 4) is 0 Å². The fourth-order valence-corrected chi connectivity index (χ4v) is 4.04. The minimum Gasteiger partial charge on any atom is -0.265 e. The number of rotatable bonds is 8. The lowest BCUT2D eigenvalue weighted by Gasteiger charge is -2.09. The zero-order valence-electron chi connectivity index (χ0n) is 16.5. The number of nitrogens with zero attached hydrogens (tertiary/aromatic N) is 1. The Kier molecular flexibility index (Phi) is 6.63. The van der Waals surface area contributed by atoms with Crippen LogP contribution in [0.25, 0.3) is 0 Å². The molecule has 0 aliphatic rings. The summed E-state index contributed by atoms with van der Waals surface area (Å²) in [5.41, 5.74) is 5.96. The molecular weight excluding hydrogens is 366 g/mol. The molecule has 0 spiro atoms. The van der Waals surface area contributed by atoms with Gasteiger partial charge in [0.15, 0.2) is 9.84 Å². The van der Waals surface area contributed by atoms with E-state index in [1.54, 1.807) is 13.8 Å². The second-order valence-corrected chi connectivity index (χ2v) is 10.1. The van der Waals surface area contributed by atoms with E-state index in [-0.39, 0.29) is 11.0 Å². The van der Waals surface area contributed by atoms with Gasteiger partial charge in [0.25, 0.3) is 0 Å². The van der Waals surface area contributed by atoms with Crippen LogP contribution in [-0.4, -0.2) is 18.7 Å². The smallest absolute Gasteiger partial charge is 0.156 e. The summed E-state index contributed by atoms with van der Waals surface area (Å²) in [4.78, 5) is 4.05. The van der Waals surface area contributed by atoms with E-state index in [9.17, 15) is 8.42 Å². The molecule has 1 heterocycles. The summed E-state index contributed by atoms with van der Waals surface area (Å²) in [7, 11) is -3.05. The SMILES string of the molecule is CC(C)S(=O)(=O)Cc1ccc(CCc2ccc(Cc3ccncc3)cc2)cc1. The number of aromatic nitrogens is 1. The van der Waals surface area contributed by atoms with Crippen molar-refractivity contribution in [1.29, 1.82) is 0 Å². The summed E-state index contributed by atoms with van der Waals surface area (Å²) >= 11 is 0. The summed E-state index contributed by atoms with van der Waals surface area (Å²) in [6, 6.07) is 20.8. The molecule has 0 fully saturated rings. The normalized spacial score (nSPS) is 11.7. The molecule has 0 saturated carbocycles. The van der Waals surface area contributed by atoms with Gasteiger partial charge in [0, 0.05) is 12.4 Å². The van der Waals surface area contributed by atoms with E-state index in [2.05, 4.69) is 29.2 Å². The quantitative estimate of drug-likeness (QED) is 0.553. The first-order chi connectivity index (χ1) is 13.4. The number of hydrogen-bond acceptors (Lipinski definition) is 3. The summed E-state index contributed by atoms with van der Waals surface area (Å²) in [5, 5.41) is -0.339. The Hall–Kier alpha value is -2.46. The first kappa shape index (κ1) is 20.3. The molecule has 4 heteroatoms. The second-order valence-electron chi connectivity index (χ2n) is 7.52. The molecule has 28 heavy (non-hydrogen) atoms. The third kappa shape index (κ3) is 5.77. The van der Waals surface area contributed by atoms with E-state index in [0.29, 0.717) is 0 Å². The lowest BCUT2D eigenvalue weighted by Crippen LogP contribution is -2.15. The highest BCUT2D eigenvalue weighted by atomic mass is 32.2. The number of benzene rings is 2. The van der Waals surface area contributed by atoms with Crippen LogP contribution in [0.3, 0.4) is 0 Å². The van der Waals surface area contributed by atoms with Crippen LogP contribution in [0.1, 0.15) is 41.7 Å². The van der Waals surface area contributed by atoms with Crippen molar-refractivity contribution in [3.63, 3.8) is 0 Å². The van der Waals surface area contributed by atoms with Crippen molar-refractivity contribution >= 4 is 9.84 Å². The molecule has 0 aliphatic heterocycles. The fraction of sp³-hybridized carbons (Fsp3) is 0.292. The van der Waals surface area contributed by atoms with Gasteiger partial charge in [-0.3, -0.25) is 4.98 Å². The number of hydrogen-bond donors (Lipinski definition) is 0. The molecule has 0 atom stereocenters. The van der Waals surface area contributed by atoms with Gasteiger partial charge in [-0.25, -0.2) is 8.42 Å². The highest BCUT2D eigenvalue weighted by Gasteiger charge is 2.16. The fourth-order valence-electron chi connectivity index (χ4n) is 3.05. The summed E-state index contributed by atoms with van der Waals surface area (Å²) in [5.74, 6) is 0.115. The minimum atomic E-state index is -3.05. The molecular formula is C24H27NO2S. The average molecular weight is 394 g/mol. The van der Waals surface area contributed by atoms with Gasteiger partial charge in [0.05, 0.1) is 11.0 Å². The Morgan fingerprint density at radius 1 is 0.679 bits per heavy atom. The van der Waals surface area contributed by atoms with Crippen LogP contribution in [0.2, 0.25) is 0 Å². The van der Waals surface area contributed by atoms with Gasteiger partial charge in [-0.15, -0.1) is 0 Å². The molecule has 3 aromatic rings. The molecule has 0 saturated heterocycles. The Bertz CT molecular complexity index is 977. The number of pyridine rings is 1. The lowest BCUT2D eigenvalue weighted by molar-refractivity contribution is 0.586. The monoisotopic (exact) mass is 393 g/mol. The minimum absolute atomic E-state index is 0.115. The maximum absolute atomic E-state index is 12.0. The van der Waals surface area contributed by atoms with Crippen molar-refractivity contribution in [3.05, 3.63) is 101 Å². The van der Waals surface area contributed by atoms with E-state index in [1.165, 1.54) is 22.3 Å². The lowest BCUT2D eigenvalue weighted by atomic mass is 10.0. The van der Waals surface area contributed by atoms with Gasteiger partial charge in [-0.2, -0.15) is 0 Å². The molecule has 0 N–H and O–H groups in total. The summed E-state index contributed by atoms with van der Waals surface area (Å²) in [6.45, 7) is 3.46. The van der Waals surface area contributed by atoms with Gasteiger partial charge >= 0.3 is 0 Å². The van der Waals surface area contributed by atoms with Crippen LogP contribution in [0.4, 0.5) is 0 Å². The van der Waals surface area contributed by atoms with Gasteiger partial charge in [0.2, 0.25) is 0 Å². The van der Waals surface area contributed by atoms with Crippen LogP contribution in [0.5, 0.6) is 0 Å². The molecule has 0 bridgehead atoms. The van der Waals surface area contributed by atoms with Gasteiger partial charge in [0.1, 0.15) is 0 Å². The molecule has 0 unspecified atom stereocenters. The van der Waals surface area contributed by atoms with Crippen LogP contribution in [-0.2, 0) is 34.9 Å². The molecule has 0 amide bonds. The number of sulfone groups is 1. The molecule has 0 aliphatic carbocycles. The van der Waals surface area contributed by atoms with Crippen LogP contribution < -0.4 is 0 Å². The van der Waals surface area contributed by atoms with Gasteiger partial charge in [-0.1, -0.05) is 48.5 Å². The van der Waals surface area contributed by atoms with Crippen molar-refractivity contribution < 1.29 is 8.42 Å². The van der Waals surface area contributed by atoms with E-state index < -0.39 is 9.84 Å². The van der Waals surface area contributed by atoms with Gasteiger partial charge in [-0.05, 0) is 73.1 Å². The first-order valence-corrected chi connectivity index (χ1v) is 11.4. The zero-order chi connectivity index (χ0) is 20.0. The molecule has 3 nitrogen and oxygen atoms in total. The molecule has 0 radical (unpaired) electrons. The zero-order valence-corrected chi connectivity index (χ0v) is 17.3. The van der Waals surface area contributed by atoms with E-state index in [1.807, 2.05) is 48.8 Å². The standard InChI is InChI=1S/C24H27NO2S/c1-19(2)28(26,27)18-24-11-7-21(8-12-24)4-3-20-5-9-22(10-6-20)17-23-13-15-25-16-14-23/h5-16,19H,3-4,17-18H2,1-2H3. The van der Waals surface area contributed by atoms with Crippen molar-refractivity contribution in [2.75, 3.05) is 0 Å². The maximum Gasteiger partial charge on any atom is 0.156 e. The predicted molar refractivity (Wildman–Crippen MR) is 115 cm³/mol. The van der Waals surface area contributed by atoms with E-state index in [0.717, 1.165) is 24.8 Å². The van der Waals surface area contributed by atoms with Crippen LogP contribution in [0.15, 0.2) is 73.1 Å². The Morgan fingerprint density at radius 3 is 1.61 bits per heavy atom. The molecule has 146 valence electrons. The molecule has 1 aromatic heterocycles. The third-order valence-electron chi connectivity index (χ3n) is 4.99. The molecule has 2 aromatic carbocycles. The topological polar surface area (TPSA) is 47.0 Å².